The van der Waals surface area contributed by atoms with E-state index in [1.807, 2.05) is 6.92 Å². The van der Waals surface area contributed by atoms with Gasteiger partial charge in [0.15, 0.2) is 0 Å². The van der Waals surface area contributed by atoms with Crippen LogP contribution in [0.4, 0.5) is 10.1 Å². The van der Waals surface area contributed by atoms with Crippen molar-refractivity contribution in [2.75, 3.05) is 12.4 Å². The lowest BCUT2D eigenvalue weighted by molar-refractivity contribution is -0.121. The zero-order valence-electron chi connectivity index (χ0n) is 11.7. The van der Waals surface area contributed by atoms with E-state index in [2.05, 4.69) is 31.7 Å². The molecular weight excluding hydrogens is 339 g/mol. The third-order valence-corrected chi connectivity index (χ3v) is 3.65. The number of anilines is 1. The Bertz CT molecular complexity index is 644. The average Bonchev–Trinajstić information content (AvgIpc) is 2.88. The molecule has 0 fully saturated rings. The normalized spacial score (nSPS) is 12.0. The van der Waals surface area contributed by atoms with Crippen LogP contribution in [-0.2, 0) is 11.3 Å². The smallest absolute Gasteiger partial charge is 0.241 e. The molecule has 0 spiro atoms. The fourth-order valence-corrected chi connectivity index (χ4v) is 2.26. The highest BCUT2D eigenvalue weighted by Gasteiger charge is 2.10. The second-order valence-electron chi connectivity index (χ2n) is 4.64. The molecule has 21 heavy (non-hydrogen) atoms. The number of carbonyl (C=O) groups excluding carboxylic acids is 1. The molecule has 1 aromatic carbocycles. The first kappa shape index (κ1) is 15.5. The number of hydrogen-bond donors (Lipinski definition) is 2. The van der Waals surface area contributed by atoms with Gasteiger partial charge < -0.3 is 10.6 Å². The summed E-state index contributed by atoms with van der Waals surface area (Å²) in [5.41, 5.74) is 1.74. The number of carbonyl (C=O) groups is 1. The molecule has 1 aromatic heterocycles. The Kier molecular flexibility index (Phi) is 4.95. The average molecular weight is 355 g/mol. The van der Waals surface area contributed by atoms with Crippen molar-refractivity contribution < 1.29 is 9.18 Å². The Labute approximate surface area is 130 Å². The van der Waals surface area contributed by atoms with Crippen molar-refractivity contribution in [2.24, 2.45) is 0 Å². The molecule has 0 saturated carbocycles. The van der Waals surface area contributed by atoms with E-state index < -0.39 is 0 Å². The van der Waals surface area contributed by atoms with E-state index in [0.717, 1.165) is 11.3 Å². The van der Waals surface area contributed by atoms with Gasteiger partial charge in [-0.15, -0.1) is 0 Å². The second kappa shape index (κ2) is 6.71. The van der Waals surface area contributed by atoms with Gasteiger partial charge in [0.2, 0.25) is 5.91 Å². The van der Waals surface area contributed by atoms with Crippen LogP contribution in [0, 0.1) is 5.82 Å². The van der Waals surface area contributed by atoms with E-state index in [4.69, 9.17) is 0 Å². The van der Waals surface area contributed by atoms with Crippen molar-refractivity contribution in [1.29, 1.82) is 0 Å². The molecule has 2 rings (SSSR count). The zero-order valence-corrected chi connectivity index (χ0v) is 13.3. The number of amides is 1. The van der Waals surface area contributed by atoms with Crippen molar-refractivity contribution in [3.8, 4) is 0 Å². The Morgan fingerprint density at radius 2 is 2.29 bits per heavy atom. The number of nitrogens with zero attached hydrogens (tertiary/aromatic N) is 2. The highest BCUT2D eigenvalue weighted by Crippen LogP contribution is 2.23. The van der Waals surface area contributed by atoms with Crippen LogP contribution in [0.1, 0.15) is 18.5 Å². The summed E-state index contributed by atoms with van der Waals surface area (Å²) in [6.07, 6.45) is 3.41. The lowest BCUT2D eigenvalue weighted by Gasteiger charge is -2.14. The minimum absolute atomic E-state index is 0.0143. The van der Waals surface area contributed by atoms with Crippen molar-refractivity contribution >= 4 is 27.5 Å². The number of nitrogens with one attached hydrogen (secondary N) is 2. The first-order chi connectivity index (χ1) is 9.99. The van der Waals surface area contributed by atoms with E-state index in [-0.39, 0.29) is 24.3 Å². The Balaban J connectivity index is 2.03. The SMILES string of the molecule is CNC(=O)Cn1cc(NC(C)c2ccc(F)c(Br)c2)cn1. The Hall–Kier alpha value is -1.89. The molecule has 0 bridgehead atoms. The molecule has 0 aliphatic heterocycles. The van der Waals surface area contributed by atoms with Gasteiger partial charge in [-0.05, 0) is 40.5 Å². The minimum Gasteiger partial charge on any atom is -0.376 e. The van der Waals surface area contributed by atoms with Gasteiger partial charge in [-0.2, -0.15) is 5.10 Å². The van der Waals surface area contributed by atoms with Gasteiger partial charge in [0, 0.05) is 19.3 Å². The summed E-state index contributed by atoms with van der Waals surface area (Å²) in [7, 11) is 1.58. The van der Waals surface area contributed by atoms with Gasteiger partial charge in [0.05, 0.1) is 16.4 Å². The fraction of sp³-hybridized carbons (Fsp3) is 0.286. The summed E-state index contributed by atoms with van der Waals surface area (Å²) in [5, 5.41) is 9.90. The monoisotopic (exact) mass is 354 g/mol. The summed E-state index contributed by atoms with van der Waals surface area (Å²) in [6, 6.07) is 4.88. The Morgan fingerprint density at radius 1 is 1.52 bits per heavy atom. The number of likely N-dealkylation sites (N-methyl/N-ethyl adjacent to an activating group) is 1. The first-order valence-electron chi connectivity index (χ1n) is 6.44. The molecule has 0 aliphatic carbocycles. The summed E-state index contributed by atoms with van der Waals surface area (Å²) in [5.74, 6) is -0.399. The van der Waals surface area contributed by atoms with Crippen molar-refractivity contribution in [3.05, 3.63) is 46.4 Å². The van der Waals surface area contributed by atoms with E-state index in [1.165, 1.54) is 6.07 Å². The van der Waals surface area contributed by atoms with Crippen LogP contribution in [0.3, 0.4) is 0 Å². The minimum atomic E-state index is -0.288. The molecule has 7 heteroatoms. The lowest BCUT2D eigenvalue weighted by Crippen LogP contribution is -2.23. The second-order valence-corrected chi connectivity index (χ2v) is 5.49. The van der Waals surface area contributed by atoms with Gasteiger partial charge >= 0.3 is 0 Å². The number of hydrogen-bond acceptors (Lipinski definition) is 3. The lowest BCUT2D eigenvalue weighted by atomic mass is 10.1. The van der Waals surface area contributed by atoms with Crippen LogP contribution < -0.4 is 10.6 Å². The largest absolute Gasteiger partial charge is 0.376 e. The standard InChI is InChI=1S/C14H16BrFN4O/c1-9(10-3-4-13(16)12(15)5-10)19-11-6-18-20(7-11)8-14(21)17-2/h3-7,9,19H,8H2,1-2H3,(H,17,21). The molecule has 112 valence electrons. The third-order valence-electron chi connectivity index (χ3n) is 3.04. The van der Waals surface area contributed by atoms with Crippen LogP contribution >= 0.6 is 15.9 Å². The molecule has 1 atom stereocenters. The zero-order chi connectivity index (χ0) is 15.4. The molecule has 0 aliphatic rings. The maximum atomic E-state index is 13.2. The Morgan fingerprint density at radius 3 is 2.95 bits per heavy atom. The van der Waals surface area contributed by atoms with E-state index in [1.54, 1.807) is 36.3 Å². The van der Waals surface area contributed by atoms with Crippen molar-refractivity contribution in [3.63, 3.8) is 0 Å². The number of aromatic nitrogens is 2. The highest BCUT2D eigenvalue weighted by molar-refractivity contribution is 9.10. The first-order valence-corrected chi connectivity index (χ1v) is 7.23. The number of benzene rings is 1. The molecule has 0 radical (unpaired) electrons. The van der Waals surface area contributed by atoms with Crippen LogP contribution in [0.15, 0.2) is 35.1 Å². The van der Waals surface area contributed by atoms with Crippen LogP contribution in [0.5, 0.6) is 0 Å². The fourth-order valence-electron chi connectivity index (χ4n) is 1.87. The van der Waals surface area contributed by atoms with Crippen molar-refractivity contribution in [2.45, 2.75) is 19.5 Å². The van der Waals surface area contributed by atoms with Gasteiger partial charge in [0.25, 0.3) is 0 Å². The van der Waals surface area contributed by atoms with Crippen LogP contribution in [0.25, 0.3) is 0 Å². The quantitative estimate of drug-likeness (QED) is 0.867. The van der Waals surface area contributed by atoms with Crippen LogP contribution in [-0.4, -0.2) is 22.7 Å². The maximum absolute atomic E-state index is 13.2. The molecule has 5 nitrogen and oxygen atoms in total. The summed E-state index contributed by atoms with van der Waals surface area (Å²) < 4.78 is 15.2. The van der Waals surface area contributed by atoms with Gasteiger partial charge in [0.1, 0.15) is 12.4 Å². The topological polar surface area (TPSA) is 59.0 Å². The molecule has 2 aromatic rings. The van der Waals surface area contributed by atoms with Gasteiger partial charge in [-0.3, -0.25) is 9.48 Å². The molecule has 2 N–H and O–H groups in total. The predicted molar refractivity (Wildman–Crippen MR) is 82.4 cm³/mol. The van der Waals surface area contributed by atoms with E-state index in [0.29, 0.717) is 4.47 Å². The molecular formula is C14H16BrFN4O. The predicted octanol–water partition coefficient (Wildman–Crippen LogP) is 2.70. The molecule has 1 amide bonds. The van der Waals surface area contributed by atoms with E-state index in [9.17, 15) is 9.18 Å². The number of halogens is 2. The summed E-state index contributed by atoms with van der Waals surface area (Å²) in [6.45, 7) is 2.14. The molecule has 0 saturated heterocycles. The van der Waals surface area contributed by atoms with Gasteiger partial charge in [-0.1, -0.05) is 6.07 Å². The van der Waals surface area contributed by atoms with Gasteiger partial charge in [-0.25, -0.2) is 4.39 Å². The van der Waals surface area contributed by atoms with E-state index >= 15 is 0 Å². The number of rotatable bonds is 5. The summed E-state index contributed by atoms with van der Waals surface area (Å²) in [4.78, 5) is 11.3. The molecule has 1 unspecified atom stereocenters. The third kappa shape index (κ3) is 4.04. The maximum Gasteiger partial charge on any atom is 0.241 e. The molecule has 1 heterocycles. The highest BCUT2D eigenvalue weighted by atomic mass is 79.9. The van der Waals surface area contributed by atoms with Crippen LogP contribution in [0.2, 0.25) is 0 Å². The van der Waals surface area contributed by atoms with Crippen molar-refractivity contribution in [1.82, 2.24) is 15.1 Å². The summed E-state index contributed by atoms with van der Waals surface area (Å²) >= 11 is 3.18.